The van der Waals surface area contributed by atoms with Gasteiger partial charge in [-0.05, 0) is 30.6 Å². The van der Waals surface area contributed by atoms with Crippen molar-refractivity contribution in [3.63, 3.8) is 0 Å². The van der Waals surface area contributed by atoms with Gasteiger partial charge in [-0.25, -0.2) is 0 Å². The second kappa shape index (κ2) is 4.12. The Balaban J connectivity index is 2.66. The van der Waals surface area contributed by atoms with E-state index in [-0.39, 0.29) is 11.8 Å². The van der Waals surface area contributed by atoms with Gasteiger partial charge in [0.2, 0.25) is 5.91 Å². The Bertz CT molecular complexity index is 189. The fraction of sp³-hybridized carbons (Fsp3) is 0.909. The molecule has 2 heteroatoms. The monoisotopic (exact) mass is 183 g/mol. The van der Waals surface area contributed by atoms with E-state index in [9.17, 15) is 4.79 Å². The molecule has 0 aromatic heterocycles. The van der Waals surface area contributed by atoms with Gasteiger partial charge in [-0.2, -0.15) is 0 Å². The van der Waals surface area contributed by atoms with Gasteiger partial charge in [-0.1, -0.05) is 27.2 Å². The zero-order valence-corrected chi connectivity index (χ0v) is 8.92. The summed E-state index contributed by atoms with van der Waals surface area (Å²) >= 11 is 0. The quantitative estimate of drug-likeness (QED) is 0.700. The van der Waals surface area contributed by atoms with Crippen LogP contribution in [0.2, 0.25) is 0 Å². The predicted octanol–water partition coefficient (Wildman–Crippen LogP) is 2.18. The molecule has 0 spiro atoms. The topological polar surface area (TPSA) is 43.1 Å². The molecule has 0 aromatic rings. The summed E-state index contributed by atoms with van der Waals surface area (Å²) in [5.74, 6) is 1.82. The molecule has 2 unspecified atom stereocenters. The lowest BCUT2D eigenvalue weighted by atomic mass is 9.70. The maximum Gasteiger partial charge on any atom is 0.220 e. The van der Waals surface area contributed by atoms with Gasteiger partial charge in [0.1, 0.15) is 0 Å². The highest BCUT2D eigenvalue weighted by molar-refractivity contribution is 5.77. The van der Waals surface area contributed by atoms with Crippen molar-refractivity contribution in [2.24, 2.45) is 29.4 Å². The largest absolute Gasteiger partial charge is 0.369 e. The van der Waals surface area contributed by atoms with Gasteiger partial charge in [-0.15, -0.1) is 0 Å². The van der Waals surface area contributed by atoms with Gasteiger partial charge in [-0.3, -0.25) is 4.79 Å². The van der Waals surface area contributed by atoms with E-state index in [1.54, 1.807) is 0 Å². The Morgan fingerprint density at radius 3 is 2.46 bits per heavy atom. The Hall–Kier alpha value is -0.530. The average Bonchev–Trinajstić information content (AvgIpc) is 2.03. The zero-order valence-electron chi connectivity index (χ0n) is 8.92. The van der Waals surface area contributed by atoms with Crippen LogP contribution < -0.4 is 5.73 Å². The summed E-state index contributed by atoms with van der Waals surface area (Å²) in [4.78, 5) is 11.2. The molecule has 76 valence electrons. The van der Waals surface area contributed by atoms with Crippen LogP contribution in [0.3, 0.4) is 0 Å². The molecule has 0 aliphatic heterocycles. The predicted molar refractivity (Wildman–Crippen MR) is 54.0 cm³/mol. The van der Waals surface area contributed by atoms with E-state index >= 15 is 0 Å². The van der Waals surface area contributed by atoms with Crippen molar-refractivity contribution in [3.8, 4) is 0 Å². The molecular formula is C11H21NO. The number of hydrogen-bond acceptors (Lipinski definition) is 1. The third-order valence-electron chi connectivity index (χ3n) is 3.39. The van der Waals surface area contributed by atoms with Crippen LogP contribution in [0.1, 0.15) is 40.0 Å². The van der Waals surface area contributed by atoms with Crippen molar-refractivity contribution < 1.29 is 4.79 Å². The van der Waals surface area contributed by atoms with Gasteiger partial charge in [0.15, 0.2) is 0 Å². The van der Waals surface area contributed by atoms with Crippen LogP contribution in [0.15, 0.2) is 0 Å². The van der Waals surface area contributed by atoms with E-state index in [0.29, 0.717) is 17.8 Å². The number of amides is 1. The normalized spacial score (nSPS) is 34.9. The Morgan fingerprint density at radius 1 is 1.38 bits per heavy atom. The summed E-state index contributed by atoms with van der Waals surface area (Å²) in [5.41, 5.74) is 5.42. The number of hydrogen-bond donors (Lipinski definition) is 1. The van der Waals surface area contributed by atoms with E-state index in [2.05, 4.69) is 20.8 Å². The molecule has 2 N–H and O–H groups in total. The van der Waals surface area contributed by atoms with E-state index in [1.807, 2.05) is 0 Å². The van der Waals surface area contributed by atoms with Crippen LogP contribution in [0.4, 0.5) is 0 Å². The summed E-state index contributed by atoms with van der Waals surface area (Å²) in [6.45, 7) is 6.60. The van der Waals surface area contributed by atoms with Crippen molar-refractivity contribution in [1.29, 1.82) is 0 Å². The molecule has 2 nitrogen and oxygen atoms in total. The number of rotatable bonds is 2. The Kier molecular flexibility index (Phi) is 3.34. The molecule has 3 atom stereocenters. The molecule has 1 saturated carbocycles. The number of carbonyl (C=O) groups excluding carboxylic acids is 1. The maximum absolute atomic E-state index is 11.2. The van der Waals surface area contributed by atoms with Gasteiger partial charge in [0.25, 0.3) is 0 Å². The van der Waals surface area contributed by atoms with E-state index < -0.39 is 0 Å². The average molecular weight is 183 g/mol. The summed E-state index contributed by atoms with van der Waals surface area (Å²) in [6, 6.07) is 0. The first-order valence-corrected chi connectivity index (χ1v) is 5.31. The highest BCUT2D eigenvalue weighted by atomic mass is 16.1. The lowest BCUT2D eigenvalue weighted by molar-refractivity contribution is -0.125. The second-order valence-electron chi connectivity index (χ2n) is 4.83. The summed E-state index contributed by atoms with van der Waals surface area (Å²) in [5, 5.41) is 0. The summed E-state index contributed by atoms with van der Waals surface area (Å²) in [7, 11) is 0. The molecule has 1 amide bonds. The molecule has 0 aromatic carbocycles. The number of carbonyl (C=O) groups is 1. The van der Waals surface area contributed by atoms with Crippen molar-refractivity contribution in [3.05, 3.63) is 0 Å². The molecule has 13 heavy (non-hydrogen) atoms. The van der Waals surface area contributed by atoms with Crippen LogP contribution in [-0.2, 0) is 4.79 Å². The molecule has 1 aliphatic rings. The van der Waals surface area contributed by atoms with Crippen molar-refractivity contribution in [2.75, 3.05) is 0 Å². The SMILES string of the molecule is CC(C)C1CC[C@@H](C)CC1C(N)=O. The molecule has 1 rings (SSSR count). The molecule has 0 bridgehead atoms. The number of nitrogens with two attached hydrogens (primary N) is 1. The third kappa shape index (κ3) is 2.45. The van der Waals surface area contributed by atoms with E-state index in [4.69, 9.17) is 5.73 Å². The molecular weight excluding hydrogens is 162 g/mol. The van der Waals surface area contributed by atoms with E-state index in [1.165, 1.54) is 12.8 Å². The molecule has 1 aliphatic carbocycles. The van der Waals surface area contributed by atoms with Crippen LogP contribution in [0.25, 0.3) is 0 Å². The smallest absolute Gasteiger partial charge is 0.220 e. The molecule has 0 radical (unpaired) electrons. The molecule has 1 fully saturated rings. The first kappa shape index (κ1) is 10.6. The fourth-order valence-corrected chi connectivity index (χ4v) is 2.53. The van der Waals surface area contributed by atoms with Gasteiger partial charge in [0, 0.05) is 5.92 Å². The Labute approximate surface area is 80.9 Å². The van der Waals surface area contributed by atoms with Crippen molar-refractivity contribution in [1.82, 2.24) is 0 Å². The zero-order chi connectivity index (χ0) is 10.0. The van der Waals surface area contributed by atoms with Crippen molar-refractivity contribution >= 4 is 5.91 Å². The first-order chi connectivity index (χ1) is 6.02. The van der Waals surface area contributed by atoms with Gasteiger partial charge < -0.3 is 5.73 Å². The van der Waals surface area contributed by atoms with Gasteiger partial charge in [0.05, 0.1) is 0 Å². The first-order valence-electron chi connectivity index (χ1n) is 5.31. The van der Waals surface area contributed by atoms with Gasteiger partial charge >= 0.3 is 0 Å². The minimum absolute atomic E-state index is 0.0924. The molecule has 0 saturated heterocycles. The lowest BCUT2D eigenvalue weighted by Gasteiger charge is -2.35. The lowest BCUT2D eigenvalue weighted by Crippen LogP contribution is -2.37. The van der Waals surface area contributed by atoms with Crippen LogP contribution >= 0.6 is 0 Å². The highest BCUT2D eigenvalue weighted by Crippen LogP contribution is 2.37. The van der Waals surface area contributed by atoms with Crippen molar-refractivity contribution in [2.45, 2.75) is 40.0 Å². The minimum Gasteiger partial charge on any atom is -0.369 e. The van der Waals surface area contributed by atoms with Crippen LogP contribution in [-0.4, -0.2) is 5.91 Å². The summed E-state index contributed by atoms with van der Waals surface area (Å²) in [6.07, 6.45) is 3.43. The summed E-state index contributed by atoms with van der Waals surface area (Å²) < 4.78 is 0. The fourth-order valence-electron chi connectivity index (χ4n) is 2.53. The van der Waals surface area contributed by atoms with Crippen LogP contribution in [0.5, 0.6) is 0 Å². The maximum atomic E-state index is 11.2. The minimum atomic E-state index is -0.0924. The second-order valence-corrected chi connectivity index (χ2v) is 4.83. The highest BCUT2D eigenvalue weighted by Gasteiger charge is 2.33. The van der Waals surface area contributed by atoms with E-state index in [0.717, 1.165) is 6.42 Å². The number of primary amides is 1. The molecule has 0 heterocycles. The standard InChI is InChI=1S/C11H21NO/c1-7(2)9-5-4-8(3)6-10(9)11(12)13/h7-10H,4-6H2,1-3H3,(H2,12,13)/t8-,9?,10?/m1/s1. The van der Waals surface area contributed by atoms with Crippen LogP contribution in [0, 0.1) is 23.7 Å². The Morgan fingerprint density at radius 2 is 2.00 bits per heavy atom. The third-order valence-corrected chi connectivity index (χ3v) is 3.39.